The van der Waals surface area contributed by atoms with E-state index in [-0.39, 0.29) is 5.38 Å². The Balaban J connectivity index is 2.08. The van der Waals surface area contributed by atoms with Crippen molar-refractivity contribution in [2.24, 2.45) is 0 Å². The van der Waals surface area contributed by atoms with E-state index in [2.05, 4.69) is 26.9 Å². The van der Waals surface area contributed by atoms with Crippen molar-refractivity contribution in [3.63, 3.8) is 0 Å². The maximum Gasteiger partial charge on any atom is 0.155 e. The largest absolute Gasteiger partial charge is 0.311 e. The lowest BCUT2D eigenvalue weighted by molar-refractivity contribution is 0.596. The Hall–Kier alpha value is -0.940. The number of nitrogens with one attached hydrogen (secondary N) is 1. The Kier molecular flexibility index (Phi) is 3.33. The molecule has 0 aromatic carbocycles. The number of nitrogens with zero attached hydrogens (tertiary/aromatic N) is 4. The van der Waals surface area contributed by atoms with Gasteiger partial charge < -0.3 is 5.32 Å². The molecule has 1 aromatic heterocycles. The second kappa shape index (κ2) is 4.72. The lowest BCUT2D eigenvalue weighted by Crippen LogP contribution is -2.30. The molecule has 0 aliphatic carbocycles. The number of aryl methyl sites for hydroxylation is 1. The third kappa shape index (κ3) is 2.54. The maximum atomic E-state index is 6.03. The van der Waals surface area contributed by atoms with Crippen molar-refractivity contribution in [2.45, 2.75) is 25.3 Å². The summed E-state index contributed by atoms with van der Waals surface area (Å²) in [5.74, 6) is 0.899. The standard InChI is InChI=1S/C9H14ClN5/c1-2-15-9(12-13-14-15)4-7-3-8(10)6-11-5-7/h3,8,11H,2,4-6H2,1H3. The fraction of sp³-hybridized carbons (Fsp3) is 0.667. The minimum atomic E-state index is 0.0831. The number of hydrogen-bond donors (Lipinski definition) is 1. The highest BCUT2D eigenvalue weighted by molar-refractivity contribution is 6.22. The average Bonchev–Trinajstić information content (AvgIpc) is 2.65. The van der Waals surface area contributed by atoms with Gasteiger partial charge in [-0.1, -0.05) is 11.6 Å². The highest BCUT2D eigenvalue weighted by atomic mass is 35.5. The molecule has 1 atom stereocenters. The van der Waals surface area contributed by atoms with E-state index < -0.39 is 0 Å². The van der Waals surface area contributed by atoms with Gasteiger partial charge in [0.2, 0.25) is 0 Å². The molecule has 2 rings (SSSR count). The molecule has 0 bridgehead atoms. The van der Waals surface area contributed by atoms with Crippen LogP contribution in [-0.2, 0) is 13.0 Å². The smallest absolute Gasteiger partial charge is 0.155 e. The van der Waals surface area contributed by atoms with E-state index in [1.165, 1.54) is 5.57 Å². The summed E-state index contributed by atoms with van der Waals surface area (Å²) in [4.78, 5) is 0. The lowest BCUT2D eigenvalue weighted by atomic mass is 10.1. The molecule has 0 radical (unpaired) electrons. The summed E-state index contributed by atoms with van der Waals surface area (Å²) >= 11 is 6.03. The molecule has 0 spiro atoms. The SMILES string of the molecule is CCn1nnnc1CC1=CC(Cl)CNC1. The van der Waals surface area contributed by atoms with Crippen molar-refractivity contribution in [1.29, 1.82) is 0 Å². The van der Waals surface area contributed by atoms with Crippen LogP contribution in [0.25, 0.3) is 0 Å². The number of tetrazole rings is 1. The third-order valence-electron chi connectivity index (χ3n) is 2.40. The molecular weight excluding hydrogens is 214 g/mol. The van der Waals surface area contributed by atoms with Gasteiger partial charge in [-0.3, -0.25) is 0 Å². The first-order chi connectivity index (χ1) is 7.29. The molecule has 1 aliphatic rings. The fourth-order valence-corrected chi connectivity index (χ4v) is 1.95. The second-order valence-electron chi connectivity index (χ2n) is 3.56. The Morgan fingerprint density at radius 2 is 2.53 bits per heavy atom. The maximum absolute atomic E-state index is 6.03. The van der Waals surface area contributed by atoms with E-state index >= 15 is 0 Å². The van der Waals surface area contributed by atoms with E-state index in [1.54, 1.807) is 4.68 Å². The summed E-state index contributed by atoms with van der Waals surface area (Å²) in [5, 5.41) is 14.9. The van der Waals surface area contributed by atoms with Gasteiger partial charge in [-0.2, -0.15) is 0 Å². The van der Waals surface area contributed by atoms with Crippen LogP contribution in [0.3, 0.4) is 0 Å². The molecular formula is C9H14ClN5. The van der Waals surface area contributed by atoms with Crippen molar-refractivity contribution in [1.82, 2.24) is 25.5 Å². The summed E-state index contributed by atoms with van der Waals surface area (Å²) in [6.07, 6.45) is 2.86. The van der Waals surface area contributed by atoms with Crippen LogP contribution >= 0.6 is 11.6 Å². The van der Waals surface area contributed by atoms with Crippen LogP contribution < -0.4 is 5.32 Å². The summed E-state index contributed by atoms with van der Waals surface area (Å²) in [7, 11) is 0. The van der Waals surface area contributed by atoms with Crippen molar-refractivity contribution < 1.29 is 0 Å². The summed E-state index contributed by atoms with van der Waals surface area (Å²) < 4.78 is 1.80. The van der Waals surface area contributed by atoms with Crippen LogP contribution in [0, 0.1) is 0 Å². The van der Waals surface area contributed by atoms with Gasteiger partial charge >= 0.3 is 0 Å². The van der Waals surface area contributed by atoms with Gasteiger partial charge in [0.15, 0.2) is 5.82 Å². The summed E-state index contributed by atoms with van der Waals surface area (Å²) in [6, 6.07) is 0. The summed E-state index contributed by atoms with van der Waals surface area (Å²) in [5.41, 5.74) is 1.26. The molecule has 6 heteroatoms. The molecule has 1 unspecified atom stereocenters. The van der Waals surface area contributed by atoms with E-state index in [9.17, 15) is 0 Å². The van der Waals surface area contributed by atoms with Crippen LogP contribution in [0.2, 0.25) is 0 Å². The molecule has 0 saturated heterocycles. The second-order valence-corrected chi connectivity index (χ2v) is 4.12. The van der Waals surface area contributed by atoms with Crippen LogP contribution in [0.1, 0.15) is 12.7 Å². The fourth-order valence-electron chi connectivity index (χ4n) is 1.66. The topological polar surface area (TPSA) is 55.6 Å². The third-order valence-corrected chi connectivity index (χ3v) is 2.68. The van der Waals surface area contributed by atoms with E-state index in [4.69, 9.17) is 11.6 Å². The number of hydrogen-bond acceptors (Lipinski definition) is 4. The first kappa shape index (κ1) is 10.6. The molecule has 1 N–H and O–H groups in total. The van der Waals surface area contributed by atoms with Gasteiger partial charge in [-0.15, -0.1) is 16.7 Å². The van der Waals surface area contributed by atoms with Crippen molar-refractivity contribution in [3.05, 3.63) is 17.5 Å². The zero-order chi connectivity index (χ0) is 10.7. The highest BCUT2D eigenvalue weighted by Crippen LogP contribution is 2.11. The van der Waals surface area contributed by atoms with Crippen LogP contribution in [0.15, 0.2) is 11.6 Å². The van der Waals surface area contributed by atoms with Gasteiger partial charge in [-0.05, 0) is 17.4 Å². The van der Waals surface area contributed by atoms with Gasteiger partial charge in [0, 0.05) is 26.1 Å². The first-order valence-electron chi connectivity index (χ1n) is 5.09. The highest BCUT2D eigenvalue weighted by Gasteiger charge is 2.13. The Labute approximate surface area is 93.5 Å². The summed E-state index contributed by atoms with van der Waals surface area (Å²) in [6.45, 7) is 4.54. The number of aromatic nitrogens is 4. The first-order valence-corrected chi connectivity index (χ1v) is 5.52. The molecule has 15 heavy (non-hydrogen) atoms. The average molecular weight is 228 g/mol. The van der Waals surface area contributed by atoms with Gasteiger partial charge in [0.05, 0.1) is 5.38 Å². The monoisotopic (exact) mass is 227 g/mol. The van der Waals surface area contributed by atoms with Crippen LogP contribution in [-0.4, -0.2) is 38.7 Å². The van der Waals surface area contributed by atoms with Crippen molar-refractivity contribution >= 4 is 11.6 Å². The zero-order valence-electron chi connectivity index (χ0n) is 8.65. The van der Waals surface area contributed by atoms with Gasteiger partial charge in [0.1, 0.15) is 0 Å². The Morgan fingerprint density at radius 1 is 1.67 bits per heavy atom. The van der Waals surface area contributed by atoms with Crippen molar-refractivity contribution in [2.75, 3.05) is 13.1 Å². The van der Waals surface area contributed by atoms with Gasteiger partial charge in [-0.25, -0.2) is 4.68 Å². The number of halogens is 1. The van der Waals surface area contributed by atoms with Crippen LogP contribution in [0.5, 0.6) is 0 Å². The molecule has 5 nitrogen and oxygen atoms in total. The van der Waals surface area contributed by atoms with Crippen LogP contribution in [0.4, 0.5) is 0 Å². The van der Waals surface area contributed by atoms with E-state index in [0.717, 1.165) is 31.9 Å². The molecule has 0 amide bonds. The molecule has 2 heterocycles. The number of alkyl halides is 1. The molecule has 0 fully saturated rings. The molecule has 1 aromatic rings. The molecule has 82 valence electrons. The van der Waals surface area contributed by atoms with E-state index in [0.29, 0.717) is 0 Å². The Bertz CT molecular complexity index is 359. The predicted molar refractivity (Wildman–Crippen MR) is 57.8 cm³/mol. The minimum absolute atomic E-state index is 0.0831. The lowest BCUT2D eigenvalue weighted by Gasteiger charge is -2.17. The Morgan fingerprint density at radius 3 is 3.27 bits per heavy atom. The number of rotatable bonds is 3. The zero-order valence-corrected chi connectivity index (χ0v) is 9.41. The quantitative estimate of drug-likeness (QED) is 0.599. The predicted octanol–water partition coefficient (Wildman–Crippen LogP) is 0.372. The van der Waals surface area contributed by atoms with E-state index in [1.807, 2.05) is 6.92 Å². The van der Waals surface area contributed by atoms with Gasteiger partial charge in [0.25, 0.3) is 0 Å². The minimum Gasteiger partial charge on any atom is -0.311 e. The van der Waals surface area contributed by atoms with Crippen molar-refractivity contribution in [3.8, 4) is 0 Å². The molecule has 0 saturated carbocycles. The normalized spacial score (nSPS) is 21.5. The molecule has 1 aliphatic heterocycles.